The van der Waals surface area contributed by atoms with Crippen molar-refractivity contribution >= 4 is 34.6 Å². The number of halogens is 7. The monoisotopic (exact) mass is 496 g/mol. The first-order valence-electron chi connectivity index (χ1n) is 7.07. The number of carbonyl (C=O) groups excluding carboxylic acids is 1. The van der Waals surface area contributed by atoms with Crippen LogP contribution in [0, 0.1) is 0 Å². The minimum atomic E-state index is -4.98. The first-order chi connectivity index (χ1) is 12.0. The molecule has 26 heavy (non-hydrogen) atoms. The quantitative estimate of drug-likeness (QED) is 0.261. The van der Waals surface area contributed by atoms with Gasteiger partial charge in [0.25, 0.3) is 0 Å². The fraction of sp³-hybridized carbons (Fsp3) is 0.400. The van der Waals surface area contributed by atoms with Gasteiger partial charge >= 0.3 is 18.5 Å². The Morgan fingerprint density at radius 2 is 1.88 bits per heavy atom. The summed E-state index contributed by atoms with van der Waals surface area (Å²) in [5.41, 5.74) is -0.911. The highest BCUT2D eigenvalue weighted by Gasteiger charge is 2.49. The van der Waals surface area contributed by atoms with E-state index >= 15 is 0 Å². The minimum Gasteiger partial charge on any atom is -0.475 e. The van der Waals surface area contributed by atoms with Crippen molar-refractivity contribution in [3.63, 3.8) is 0 Å². The number of hydrogen-bond donors (Lipinski definition) is 0. The fourth-order valence-electron chi connectivity index (χ4n) is 2.36. The van der Waals surface area contributed by atoms with E-state index in [0.717, 1.165) is 18.2 Å². The molecule has 0 amide bonds. The second kappa shape index (κ2) is 7.53. The Kier molecular flexibility index (Phi) is 5.98. The number of fused-ring (bicyclic) bond motifs is 1. The number of rotatable bonds is 4. The SMILES string of the molecule is CCc1cc(OC(F)(F)F)cc2c1OC(C(F)(F)F)C(C(=O)OCI)=C2. The lowest BCUT2D eigenvalue weighted by atomic mass is 9.97. The van der Waals surface area contributed by atoms with Crippen LogP contribution in [0.2, 0.25) is 0 Å². The zero-order chi connectivity index (χ0) is 19.7. The lowest BCUT2D eigenvalue weighted by Gasteiger charge is -2.29. The average Bonchev–Trinajstić information content (AvgIpc) is 2.50. The fourth-order valence-corrected chi connectivity index (χ4v) is 2.64. The summed E-state index contributed by atoms with van der Waals surface area (Å²) in [6, 6.07) is 1.80. The number of carbonyl (C=O) groups is 1. The normalized spacial score (nSPS) is 17.1. The Balaban J connectivity index is 2.58. The molecule has 1 unspecified atom stereocenters. The molecular weight excluding hydrogens is 485 g/mol. The zero-order valence-electron chi connectivity index (χ0n) is 13.0. The molecule has 144 valence electrons. The molecule has 1 heterocycles. The van der Waals surface area contributed by atoms with Crippen LogP contribution in [0.15, 0.2) is 17.7 Å². The molecule has 0 fully saturated rings. The Bertz CT molecular complexity index is 726. The van der Waals surface area contributed by atoms with Crippen LogP contribution in [-0.2, 0) is 16.0 Å². The van der Waals surface area contributed by atoms with E-state index in [1.54, 1.807) is 22.6 Å². The summed E-state index contributed by atoms with van der Waals surface area (Å²) >= 11 is 1.62. The van der Waals surface area contributed by atoms with Crippen molar-refractivity contribution in [1.29, 1.82) is 0 Å². The number of ether oxygens (including phenoxy) is 3. The standard InChI is InChI=1S/C15H11F6IO4/c1-2-7-3-9(26-15(19,20)21)4-8-5-10(13(23)24-6-22)12(14(16,17)18)25-11(7)8/h3-5,12H,2,6H2,1H3. The first-order valence-corrected chi connectivity index (χ1v) is 8.59. The summed E-state index contributed by atoms with van der Waals surface area (Å²) in [6.45, 7) is 1.53. The first kappa shape index (κ1) is 20.6. The van der Waals surface area contributed by atoms with E-state index in [9.17, 15) is 31.1 Å². The van der Waals surface area contributed by atoms with Crippen molar-refractivity contribution in [2.75, 3.05) is 4.61 Å². The van der Waals surface area contributed by atoms with Gasteiger partial charge in [0.05, 0.1) is 5.57 Å². The van der Waals surface area contributed by atoms with Crippen LogP contribution in [0.25, 0.3) is 6.08 Å². The number of hydrogen-bond acceptors (Lipinski definition) is 4. The van der Waals surface area contributed by atoms with Gasteiger partial charge in [0.2, 0.25) is 6.10 Å². The van der Waals surface area contributed by atoms with E-state index in [-0.39, 0.29) is 27.9 Å². The minimum absolute atomic E-state index is 0.0774. The third kappa shape index (κ3) is 4.74. The molecule has 0 aliphatic carbocycles. The van der Waals surface area contributed by atoms with E-state index in [1.165, 1.54) is 6.92 Å². The van der Waals surface area contributed by atoms with Crippen molar-refractivity contribution in [3.8, 4) is 11.5 Å². The second-order valence-corrected chi connectivity index (χ2v) is 5.71. The Labute approximate surface area is 157 Å². The topological polar surface area (TPSA) is 44.8 Å². The largest absolute Gasteiger partial charge is 0.573 e. The molecule has 0 bridgehead atoms. The van der Waals surface area contributed by atoms with Gasteiger partial charge in [-0.05, 0) is 52.8 Å². The smallest absolute Gasteiger partial charge is 0.475 e. The number of esters is 1. The Morgan fingerprint density at radius 3 is 2.38 bits per heavy atom. The lowest BCUT2D eigenvalue weighted by molar-refractivity contribution is -0.274. The molecule has 1 aromatic carbocycles. The molecule has 1 aromatic rings. The van der Waals surface area contributed by atoms with Crippen molar-refractivity contribution < 1.29 is 45.3 Å². The maximum Gasteiger partial charge on any atom is 0.573 e. The van der Waals surface area contributed by atoms with Gasteiger partial charge in [0.1, 0.15) is 16.1 Å². The number of alkyl halides is 7. The summed E-state index contributed by atoms with van der Waals surface area (Å²) in [4.78, 5) is 11.8. The van der Waals surface area contributed by atoms with Crippen LogP contribution in [0.1, 0.15) is 18.1 Å². The van der Waals surface area contributed by atoms with Crippen molar-refractivity contribution in [3.05, 3.63) is 28.8 Å². The van der Waals surface area contributed by atoms with Crippen LogP contribution in [-0.4, -0.2) is 29.2 Å². The molecule has 0 radical (unpaired) electrons. The van der Waals surface area contributed by atoms with Gasteiger partial charge < -0.3 is 14.2 Å². The van der Waals surface area contributed by atoms with Crippen molar-refractivity contribution in [2.24, 2.45) is 0 Å². The molecule has 1 atom stereocenters. The van der Waals surface area contributed by atoms with Gasteiger partial charge in [-0.1, -0.05) is 6.92 Å². The zero-order valence-corrected chi connectivity index (χ0v) is 15.2. The number of aryl methyl sites for hydroxylation is 1. The van der Waals surface area contributed by atoms with Crippen LogP contribution in [0.5, 0.6) is 11.5 Å². The third-order valence-corrected chi connectivity index (χ3v) is 3.64. The highest BCUT2D eigenvalue weighted by molar-refractivity contribution is 14.1. The lowest BCUT2D eigenvalue weighted by Crippen LogP contribution is -2.41. The predicted molar refractivity (Wildman–Crippen MR) is 85.9 cm³/mol. The van der Waals surface area contributed by atoms with Crippen LogP contribution in [0.3, 0.4) is 0 Å². The maximum absolute atomic E-state index is 13.3. The van der Waals surface area contributed by atoms with E-state index < -0.39 is 35.9 Å². The molecular formula is C15H11F6IO4. The summed E-state index contributed by atoms with van der Waals surface area (Å²) < 4.78 is 90.3. The summed E-state index contributed by atoms with van der Waals surface area (Å²) in [6.07, 6.45) is -11.6. The molecule has 0 saturated heterocycles. The Hall–Kier alpha value is -1.66. The summed E-state index contributed by atoms with van der Waals surface area (Å²) in [7, 11) is 0. The van der Waals surface area contributed by atoms with Gasteiger partial charge in [-0.3, -0.25) is 0 Å². The van der Waals surface area contributed by atoms with Gasteiger partial charge in [0, 0.05) is 5.56 Å². The van der Waals surface area contributed by atoms with Gasteiger partial charge in [-0.25, -0.2) is 4.79 Å². The molecule has 4 nitrogen and oxygen atoms in total. The summed E-state index contributed by atoms with van der Waals surface area (Å²) in [5, 5.41) is 0. The highest BCUT2D eigenvalue weighted by atomic mass is 127. The highest BCUT2D eigenvalue weighted by Crippen LogP contribution is 2.42. The molecule has 0 spiro atoms. The third-order valence-electron chi connectivity index (χ3n) is 3.33. The van der Waals surface area contributed by atoms with Crippen LogP contribution in [0.4, 0.5) is 26.3 Å². The van der Waals surface area contributed by atoms with Crippen molar-refractivity contribution in [2.45, 2.75) is 32.0 Å². The van der Waals surface area contributed by atoms with Crippen molar-refractivity contribution in [1.82, 2.24) is 0 Å². The molecule has 1 aliphatic heterocycles. The van der Waals surface area contributed by atoms with Gasteiger partial charge in [0.15, 0.2) is 0 Å². The molecule has 0 N–H and O–H groups in total. The Morgan fingerprint density at radius 1 is 1.23 bits per heavy atom. The maximum atomic E-state index is 13.3. The molecule has 1 aliphatic rings. The van der Waals surface area contributed by atoms with E-state index in [4.69, 9.17) is 4.74 Å². The molecule has 11 heteroatoms. The van der Waals surface area contributed by atoms with E-state index in [0.29, 0.717) is 0 Å². The summed E-state index contributed by atoms with van der Waals surface area (Å²) in [5.74, 6) is -2.15. The van der Waals surface area contributed by atoms with Gasteiger partial charge in [-0.2, -0.15) is 13.2 Å². The average molecular weight is 496 g/mol. The van der Waals surface area contributed by atoms with Gasteiger partial charge in [-0.15, -0.1) is 13.2 Å². The van der Waals surface area contributed by atoms with E-state index in [1.807, 2.05) is 0 Å². The second-order valence-electron chi connectivity index (χ2n) is 5.08. The van der Waals surface area contributed by atoms with E-state index in [2.05, 4.69) is 9.47 Å². The van der Waals surface area contributed by atoms with Crippen LogP contribution < -0.4 is 9.47 Å². The molecule has 0 saturated carbocycles. The molecule has 0 aromatic heterocycles. The van der Waals surface area contributed by atoms with Crippen LogP contribution >= 0.6 is 22.6 Å². The number of benzene rings is 1. The molecule has 2 rings (SSSR count). The predicted octanol–water partition coefficient (Wildman–Crippen LogP) is 4.79.